The number of halogens is 1. The maximum atomic E-state index is 12.1. The van der Waals surface area contributed by atoms with Crippen LogP contribution < -0.4 is 15.4 Å². The van der Waals surface area contributed by atoms with E-state index in [1.165, 1.54) is 0 Å². The van der Waals surface area contributed by atoms with Crippen molar-refractivity contribution in [3.05, 3.63) is 64.7 Å². The molecule has 0 spiro atoms. The summed E-state index contributed by atoms with van der Waals surface area (Å²) in [6.07, 6.45) is 3.51. The average Bonchev–Trinajstić information content (AvgIpc) is 2.54. The Morgan fingerprint density at radius 1 is 1.18 bits per heavy atom. The standard InChI is InChI=1S/C17H15ClN2O2/c1-22-15-5-3-2-4-11(15)6-9-16-19-14-8-7-12(18)10-13(14)17(21)20-16/h2-10,16,19H,1H3,(H,20,21)/b9-6+/t16-/m0/s1. The molecule has 5 heteroatoms. The highest BCUT2D eigenvalue weighted by Gasteiger charge is 2.21. The molecule has 0 saturated heterocycles. The lowest BCUT2D eigenvalue weighted by atomic mass is 10.1. The highest BCUT2D eigenvalue weighted by Crippen LogP contribution is 2.25. The summed E-state index contributed by atoms with van der Waals surface area (Å²) in [5, 5.41) is 6.66. The summed E-state index contributed by atoms with van der Waals surface area (Å²) in [7, 11) is 1.63. The summed E-state index contributed by atoms with van der Waals surface area (Å²) in [5.74, 6) is 0.638. The van der Waals surface area contributed by atoms with Crippen molar-refractivity contribution in [2.45, 2.75) is 6.17 Å². The van der Waals surface area contributed by atoms with Crippen molar-refractivity contribution in [3.8, 4) is 5.75 Å². The minimum atomic E-state index is -0.286. The Kier molecular flexibility index (Phi) is 4.02. The van der Waals surface area contributed by atoms with Crippen LogP contribution in [-0.4, -0.2) is 19.2 Å². The molecule has 1 amide bonds. The number of carbonyl (C=O) groups excluding carboxylic acids is 1. The number of hydrogen-bond acceptors (Lipinski definition) is 3. The van der Waals surface area contributed by atoms with Gasteiger partial charge in [-0.15, -0.1) is 0 Å². The fourth-order valence-electron chi connectivity index (χ4n) is 2.35. The summed E-state index contributed by atoms with van der Waals surface area (Å²) in [5.41, 5.74) is 2.26. The van der Waals surface area contributed by atoms with E-state index in [2.05, 4.69) is 10.6 Å². The van der Waals surface area contributed by atoms with E-state index in [1.807, 2.05) is 36.4 Å². The van der Waals surface area contributed by atoms with Gasteiger partial charge in [0.25, 0.3) is 5.91 Å². The van der Waals surface area contributed by atoms with Crippen molar-refractivity contribution in [1.29, 1.82) is 0 Å². The maximum Gasteiger partial charge on any atom is 0.255 e. The zero-order chi connectivity index (χ0) is 15.5. The quantitative estimate of drug-likeness (QED) is 0.911. The second-order valence-electron chi connectivity index (χ2n) is 4.89. The predicted octanol–water partition coefficient (Wildman–Crippen LogP) is 3.54. The Labute approximate surface area is 133 Å². The van der Waals surface area contributed by atoms with E-state index < -0.39 is 0 Å². The molecule has 2 aromatic carbocycles. The monoisotopic (exact) mass is 314 g/mol. The molecule has 4 nitrogen and oxygen atoms in total. The number of nitrogens with one attached hydrogen (secondary N) is 2. The van der Waals surface area contributed by atoms with Crippen LogP contribution in [0.4, 0.5) is 5.69 Å². The van der Waals surface area contributed by atoms with E-state index >= 15 is 0 Å². The molecule has 1 atom stereocenters. The third-order valence-corrected chi connectivity index (χ3v) is 3.67. The number of fused-ring (bicyclic) bond motifs is 1. The van der Waals surface area contributed by atoms with Crippen LogP contribution in [0.25, 0.3) is 6.08 Å². The van der Waals surface area contributed by atoms with E-state index in [1.54, 1.807) is 25.3 Å². The van der Waals surface area contributed by atoms with Gasteiger partial charge in [0.05, 0.1) is 12.7 Å². The number of amides is 1. The molecule has 1 heterocycles. The fraction of sp³-hybridized carbons (Fsp3) is 0.118. The number of benzene rings is 2. The van der Waals surface area contributed by atoms with Crippen LogP contribution in [0, 0.1) is 0 Å². The van der Waals surface area contributed by atoms with Gasteiger partial charge in [0.1, 0.15) is 11.9 Å². The Morgan fingerprint density at radius 2 is 2.00 bits per heavy atom. The van der Waals surface area contributed by atoms with E-state index in [9.17, 15) is 4.79 Å². The highest BCUT2D eigenvalue weighted by molar-refractivity contribution is 6.31. The molecule has 112 valence electrons. The first-order valence-corrected chi connectivity index (χ1v) is 7.23. The number of methoxy groups -OCH3 is 1. The van der Waals surface area contributed by atoms with E-state index in [-0.39, 0.29) is 12.1 Å². The normalized spacial score (nSPS) is 16.8. The Bertz CT molecular complexity index is 743. The van der Waals surface area contributed by atoms with Gasteiger partial charge in [-0.1, -0.05) is 35.9 Å². The van der Waals surface area contributed by atoms with Crippen LogP contribution in [0.3, 0.4) is 0 Å². The van der Waals surface area contributed by atoms with E-state index in [4.69, 9.17) is 16.3 Å². The maximum absolute atomic E-state index is 12.1. The predicted molar refractivity (Wildman–Crippen MR) is 88.4 cm³/mol. The van der Waals surface area contributed by atoms with Gasteiger partial charge in [0.15, 0.2) is 0 Å². The first-order valence-electron chi connectivity index (χ1n) is 6.85. The van der Waals surface area contributed by atoms with Gasteiger partial charge in [-0.25, -0.2) is 0 Å². The third kappa shape index (κ3) is 2.92. The van der Waals surface area contributed by atoms with Crippen LogP contribution in [0.1, 0.15) is 15.9 Å². The minimum Gasteiger partial charge on any atom is -0.496 e. The van der Waals surface area contributed by atoms with Crippen LogP contribution in [0.2, 0.25) is 5.02 Å². The van der Waals surface area contributed by atoms with Crippen molar-refractivity contribution in [2.75, 3.05) is 12.4 Å². The summed E-state index contributed by atoms with van der Waals surface area (Å²) >= 11 is 5.92. The zero-order valence-electron chi connectivity index (χ0n) is 12.0. The third-order valence-electron chi connectivity index (χ3n) is 3.43. The van der Waals surface area contributed by atoms with Crippen LogP contribution in [0.5, 0.6) is 5.75 Å². The SMILES string of the molecule is COc1ccccc1/C=C/[C@@H]1NC(=O)c2cc(Cl)ccc2N1. The number of rotatable bonds is 3. The second-order valence-corrected chi connectivity index (χ2v) is 5.32. The first-order chi connectivity index (χ1) is 10.7. The topological polar surface area (TPSA) is 50.4 Å². The largest absolute Gasteiger partial charge is 0.496 e. The molecule has 0 unspecified atom stereocenters. The van der Waals surface area contributed by atoms with Crippen molar-refractivity contribution in [3.63, 3.8) is 0 Å². The van der Waals surface area contributed by atoms with Crippen LogP contribution in [-0.2, 0) is 0 Å². The number of para-hydroxylation sites is 1. The number of carbonyl (C=O) groups is 1. The van der Waals surface area contributed by atoms with Crippen LogP contribution >= 0.6 is 11.6 Å². The number of anilines is 1. The lowest BCUT2D eigenvalue weighted by molar-refractivity contribution is 0.0943. The molecule has 1 aliphatic rings. The zero-order valence-corrected chi connectivity index (χ0v) is 12.7. The lowest BCUT2D eigenvalue weighted by Gasteiger charge is -2.25. The van der Waals surface area contributed by atoms with Gasteiger partial charge in [-0.2, -0.15) is 0 Å². The Hall–Kier alpha value is -2.46. The van der Waals surface area contributed by atoms with Gasteiger partial charge >= 0.3 is 0 Å². The number of ether oxygens (including phenoxy) is 1. The van der Waals surface area contributed by atoms with Gasteiger partial charge in [0.2, 0.25) is 0 Å². The molecule has 0 aliphatic carbocycles. The molecule has 22 heavy (non-hydrogen) atoms. The van der Waals surface area contributed by atoms with Crippen LogP contribution in [0.15, 0.2) is 48.5 Å². The molecular weight excluding hydrogens is 300 g/mol. The molecule has 0 aromatic heterocycles. The first kappa shape index (κ1) is 14.5. The molecule has 0 bridgehead atoms. The molecule has 1 aliphatic heterocycles. The van der Waals surface area contributed by atoms with Crippen molar-refractivity contribution >= 4 is 29.3 Å². The minimum absolute atomic E-state index is 0.147. The smallest absolute Gasteiger partial charge is 0.255 e. The molecule has 0 fully saturated rings. The molecule has 0 radical (unpaired) electrons. The van der Waals surface area contributed by atoms with Gasteiger partial charge in [0, 0.05) is 16.3 Å². The number of hydrogen-bond donors (Lipinski definition) is 2. The molecule has 2 aromatic rings. The second kappa shape index (κ2) is 6.12. The van der Waals surface area contributed by atoms with Gasteiger partial charge in [-0.05, 0) is 30.3 Å². The molecular formula is C17H15ClN2O2. The van der Waals surface area contributed by atoms with Crippen molar-refractivity contribution in [1.82, 2.24) is 5.32 Å². The Balaban J connectivity index is 1.81. The summed E-state index contributed by atoms with van der Waals surface area (Å²) < 4.78 is 5.30. The Morgan fingerprint density at radius 3 is 2.82 bits per heavy atom. The average molecular weight is 315 g/mol. The summed E-state index contributed by atoms with van der Waals surface area (Å²) in [4.78, 5) is 12.1. The highest BCUT2D eigenvalue weighted by atomic mass is 35.5. The fourth-order valence-corrected chi connectivity index (χ4v) is 2.53. The van der Waals surface area contributed by atoms with Gasteiger partial charge in [-0.3, -0.25) is 4.79 Å². The summed E-state index contributed by atoms with van der Waals surface area (Å²) in [6, 6.07) is 12.9. The molecule has 0 saturated carbocycles. The lowest BCUT2D eigenvalue weighted by Crippen LogP contribution is -2.43. The van der Waals surface area contributed by atoms with Crippen molar-refractivity contribution < 1.29 is 9.53 Å². The van der Waals surface area contributed by atoms with Gasteiger partial charge < -0.3 is 15.4 Å². The summed E-state index contributed by atoms with van der Waals surface area (Å²) in [6.45, 7) is 0. The van der Waals surface area contributed by atoms with Crippen molar-refractivity contribution in [2.24, 2.45) is 0 Å². The molecule has 2 N–H and O–H groups in total. The molecule has 3 rings (SSSR count). The van der Waals surface area contributed by atoms with E-state index in [0.29, 0.717) is 10.6 Å². The van der Waals surface area contributed by atoms with E-state index in [0.717, 1.165) is 17.0 Å².